The molecule has 37 heavy (non-hydrogen) atoms. The van der Waals surface area contributed by atoms with Crippen molar-refractivity contribution in [3.05, 3.63) is 120 Å². The molecule has 0 spiro atoms. The van der Waals surface area contributed by atoms with Crippen molar-refractivity contribution in [2.75, 3.05) is 14.2 Å². The van der Waals surface area contributed by atoms with E-state index in [1.54, 1.807) is 14.2 Å². The molecule has 190 valence electrons. The maximum atomic E-state index is 5.42. The van der Waals surface area contributed by atoms with Crippen LogP contribution in [0.5, 0.6) is 11.5 Å². The Morgan fingerprint density at radius 2 is 1.22 bits per heavy atom. The highest BCUT2D eigenvalue weighted by Crippen LogP contribution is 2.55. The lowest BCUT2D eigenvalue weighted by molar-refractivity contribution is 0.309. The van der Waals surface area contributed by atoms with Crippen molar-refractivity contribution in [1.29, 1.82) is 0 Å². The van der Waals surface area contributed by atoms with Gasteiger partial charge in [0, 0.05) is 26.2 Å². The molecule has 4 heteroatoms. The van der Waals surface area contributed by atoms with Crippen LogP contribution in [0.2, 0.25) is 0 Å². The van der Waals surface area contributed by atoms with Crippen LogP contribution in [0.3, 0.4) is 0 Å². The minimum Gasteiger partial charge on any atom is -0.497 e. The number of rotatable bonds is 9. The molecule has 1 saturated carbocycles. The molecule has 1 aliphatic rings. The van der Waals surface area contributed by atoms with Gasteiger partial charge in [0.1, 0.15) is 11.5 Å². The second kappa shape index (κ2) is 12.6. The van der Waals surface area contributed by atoms with E-state index >= 15 is 0 Å². The van der Waals surface area contributed by atoms with E-state index in [1.165, 1.54) is 40.2 Å². The third-order valence-electron chi connectivity index (χ3n) is 7.26. The Labute approximate surface area is 229 Å². The Kier molecular flexibility index (Phi) is 8.80. The van der Waals surface area contributed by atoms with Crippen LogP contribution in [0.1, 0.15) is 41.6 Å². The predicted octanol–water partition coefficient (Wildman–Crippen LogP) is 9.28. The molecule has 0 aliphatic heterocycles. The molecule has 0 amide bonds. The SMILES string of the molecule is COc1ccc(SC(c2ccccc2)[C@H]2CCC[C@@H](Sc3ccc(OC)cc3)[C@@H]2c2ccccc2)cc1. The van der Waals surface area contributed by atoms with Crippen molar-refractivity contribution in [3.63, 3.8) is 0 Å². The lowest BCUT2D eigenvalue weighted by atomic mass is 9.72. The van der Waals surface area contributed by atoms with Crippen molar-refractivity contribution < 1.29 is 9.47 Å². The van der Waals surface area contributed by atoms with Gasteiger partial charge in [0.2, 0.25) is 0 Å². The molecular weight excluding hydrogens is 492 g/mol. The molecular formula is C33H34O2S2. The summed E-state index contributed by atoms with van der Waals surface area (Å²) in [5.41, 5.74) is 2.86. The van der Waals surface area contributed by atoms with Crippen LogP contribution in [-0.4, -0.2) is 19.5 Å². The van der Waals surface area contributed by atoms with Crippen LogP contribution in [0.25, 0.3) is 0 Å². The van der Waals surface area contributed by atoms with E-state index < -0.39 is 0 Å². The maximum Gasteiger partial charge on any atom is 0.118 e. The van der Waals surface area contributed by atoms with Crippen LogP contribution in [0.4, 0.5) is 0 Å². The highest BCUT2D eigenvalue weighted by atomic mass is 32.2. The zero-order valence-corrected chi connectivity index (χ0v) is 23.1. The van der Waals surface area contributed by atoms with Gasteiger partial charge in [0.15, 0.2) is 0 Å². The summed E-state index contributed by atoms with van der Waals surface area (Å²) in [6, 6.07) is 39.4. The lowest BCUT2D eigenvalue weighted by Crippen LogP contribution is -2.31. The van der Waals surface area contributed by atoms with Gasteiger partial charge in [-0.2, -0.15) is 0 Å². The molecule has 0 N–H and O–H groups in total. The van der Waals surface area contributed by atoms with Gasteiger partial charge < -0.3 is 9.47 Å². The Morgan fingerprint density at radius 1 is 0.649 bits per heavy atom. The number of hydrogen-bond donors (Lipinski definition) is 0. The van der Waals surface area contributed by atoms with Crippen LogP contribution < -0.4 is 9.47 Å². The quantitative estimate of drug-likeness (QED) is 0.202. The van der Waals surface area contributed by atoms with Crippen LogP contribution in [0, 0.1) is 5.92 Å². The first kappa shape index (κ1) is 25.8. The van der Waals surface area contributed by atoms with Gasteiger partial charge in [-0.05, 0) is 78.4 Å². The molecule has 1 fully saturated rings. The molecule has 0 radical (unpaired) electrons. The number of methoxy groups -OCH3 is 2. The second-order valence-corrected chi connectivity index (χ2v) is 12.0. The van der Waals surface area contributed by atoms with E-state index in [1.807, 2.05) is 23.5 Å². The Balaban J connectivity index is 1.51. The average molecular weight is 527 g/mol. The van der Waals surface area contributed by atoms with Gasteiger partial charge in [-0.3, -0.25) is 0 Å². The smallest absolute Gasteiger partial charge is 0.118 e. The summed E-state index contributed by atoms with van der Waals surface area (Å²) in [6.45, 7) is 0. The first-order valence-corrected chi connectivity index (χ1v) is 14.7. The van der Waals surface area contributed by atoms with E-state index in [9.17, 15) is 0 Å². The van der Waals surface area contributed by atoms with Crippen molar-refractivity contribution in [2.24, 2.45) is 5.92 Å². The van der Waals surface area contributed by atoms with E-state index in [2.05, 4.69) is 109 Å². The minimum atomic E-state index is 0.360. The topological polar surface area (TPSA) is 18.5 Å². The second-order valence-electron chi connectivity index (χ2n) is 9.49. The molecule has 4 aromatic carbocycles. The summed E-state index contributed by atoms with van der Waals surface area (Å²) in [7, 11) is 3.45. The molecule has 4 aromatic rings. The molecule has 1 aliphatic carbocycles. The first-order valence-electron chi connectivity index (χ1n) is 13.0. The number of ether oxygens (including phenoxy) is 2. The van der Waals surface area contributed by atoms with Gasteiger partial charge in [-0.25, -0.2) is 0 Å². The van der Waals surface area contributed by atoms with Crippen molar-refractivity contribution in [3.8, 4) is 11.5 Å². The standard InChI is InChI=1S/C33H34O2S2/c1-34-26-16-20-28(21-17-26)36-31-15-9-14-30(32(31)24-10-5-3-6-11-24)33(25-12-7-4-8-13-25)37-29-22-18-27(35-2)19-23-29/h3-8,10-13,16-23,30-33H,9,14-15H2,1-2H3/t30-,31+,32+,33?/m0/s1. The summed E-state index contributed by atoms with van der Waals surface area (Å²) in [5.74, 6) is 2.78. The third-order valence-corrected chi connectivity index (χ3v) is 10.1. The molecule has 0 saturated heterocycles. The summed E-state index contributed by atoms with van der Waals surface area (Å²) in [6.07, 6.45) is 3.69. The Morgan fingerprint density at radius 3 is 1.81 bits per heavy atom. The summed E-state index contributed by atoms with van der Waals surface area (Å²) < 4.78 is 10.8. The number of benzene rings is 4. The van der Waals surface area contributed by atoms with Gasteiger partial charge in [-0.15, -0.1) is 23.5 Å². The molecule has 0 heterocycles. The monoisotopic (exact) mass is 526 g/mol. The van der Waals surface area contributed by atoms with Gasteiger partial charge in [-0.1, -0.05) is 67.1 Å². The molecule has 1 unspecified atom stereocenters. The van der Waals surface area contributed by atoms with E-state index in [0.29, 0.717) is 22.3 Å². The van der Waals surface area contributed by atoms with E-state index in [-0.39, 0.29) is 0 Å². The lowest BCUT2D eigenvalue weighted by Gasteiger charge is -2.42. The minimum absolute atomic E-state index is 0.360. The van der Waals surface area contributed by atoms with E-state index in [0.717, 1.165) is 11.5 Å². The van der Waals surface area contributed by atoms with Crippen molar-refractivity contribution in [1.82, 2.24) is 0 Å². The van der Waals surface area contributed by atoms with Crippen LogP contribution in [-0.2, 0) is 0 Å². The fourth-order valence-corrected chi connectivity index (χ4v) is 8.27. The highest BCUT2D eigenvalue weighted by Gasteiger charge is 2.40. The third kappa shape index (κ3) is 6.37. The zero-order chi connectivity index (χ0) is 25.5. The zero-order valence-electron chi connectivity index (χ0n) is 21.5. The Hall–Kier alpha value is -2.82. The first-order chi connectivity index (χ1) is 18.2. The fraction of sp³-hybridized carbons (Fsp3) is 0.273. The summed E-state index contributed by atoms with van der Waals surface area (Å²) in [5, 5.41) is 0.872. The maximum absolute atomic E-state index is 5.42. The summed E-state index contributed by atoms with van der Waals surface area (Å²) >= 11 is 4.03. The van der Waals surface area contributed by atoms with Crippen LogP contribution >= 0.6 is 23.5 Å². The molecule has 4 atom stereocenters. The number of thioether (sulfide) groups is 2. The summed E-state index contributed by atoms with van der Waals surface area (Å²) in [4.78, 5) is 2.60. The predicted molar refractivity (Wildman–Crippen MR) is 157 cm³/mol. The molecule has 5 rings (SSSR count). The van der Waals surface area contributed by atoms with Crippen LogP contribution in [0.15, 0.2) is 119 Å². The highest BCUT2D eigenvalue weighted by molar-refractivity contribution is 8.00. The van der Waals surface area contributed by atoms with Gasteiger partial charge in [0.25, 0.3) is 0 Å². The van der Waals surface area contributed by atoms with Gasteiger partial charge >= 0.3 is 0 Å². The van der Waals surface area contributed by atoms with Gasteiger partial charge in [0.05, 0.1) is 14.2 Å². The fourth-order valence-electron chi connectivity index (χ4n) is 5.47. The molecule has 2 nitrogen and oxygen atoms in total. The van der Waals surface area contributed by atoms with Crippen molar-refractivity contribution in [2.45, 2.75) is 45.5 Å². The normalized spacial score (nSPS) is 20.2. The molecule has 0 bridgehead atoms. The Bertz CT molecular complexity index is 1230. The van der Waals surface area contributed by atoms with E-state index in [4.69, 9.17) is 9.47 Å². The number of hydrogen-bond acceptors (Lipinski definition) is 4. The largest absolute Gasteiger partial charge is 0.497 e. The molecule has 0 aromatic heterocycles. The van der Waals surface area contributed by atoms with Crippen molar-refractivity contribution >= 4 is 23.5 Å². The average Bonchev–Trinajstić information content (AvgIpc) is 2.97.